The summed E-state index contributed by atoms with van der Waals surface area (Å²) in [6.45, 7) is 1.01. The van der Waals surface area contributed by atoms with E-state index in [0.717, 1.165) is 12.1 Å². The van der Waals surface area contributed by atoms with Crippen molar-refractivity contribution in [2.75, 3.05) is 36.4 Å². The molecule has 0 spiro atoms. The fourth-order valence-electron chi connectivity index (χ4n) is 4.07. The number of hydrogen-bond donors (Lipinski definition) is 1. The molecule has 3 heterocycles. The molecule has 2 aromatic carbocycles. The van der Waals surface area contributed by atoms with Crippen molar-refractivity contribution in [3.05, 3.63) is 77.1 Å². The van der Waals surface area contributed by atoms with Gasteiger partial charge in [0.1, 0.15) is 17.2 Å². The predicted molar refractivity (Wildman–Crippen MR) is 118 cm³/mol. The molecule has 1 fully saturated rings. The molecule has 11 heteroatoms. The third kappa shape index (κ3) is 4.36. The number of ether oxygens (including phenoxy) is 1. The number of nitrogens with zero attached hydrogens (tertiary/aromatic N) is 3. The Balaban J connectivity index is 1.33. The maximum Gasteiger partial charge on any atom is 0.417 e. The Morgan fingerprint density at radius 3 is 2.49 bits per heavy atom. The van der Waals surface area contributed by atoms with Crippen LogP contribution in [0.15, 0.2) is 54.6 Å². The summed E-state index contributed by atoms with van der Waals surface area (Å²) >= 11 is 0. The molecule has 0 aliphatic carbocycles. The predicted octanol–water partition coefficient (Wildman–Crippen LogP) is 4.56. The van der Waals surface area contributed by atoms with Gasteiger partial charge >= 0.3 is 6.18 Å². The van der Waals surface area contributed by atoms with Crippen LogP contribution in [0.4, 0.5) is 29.1 Å². The van der Waals surface area contributed by atoms with Gasteiger partial charge in [0.05, 0.1) is 16.8 Å². The average molecular weight is 486 g/mol. The fraction of sp³-hybridized carbons (Fsp3) is 0.208. The average Bonchev–Trinajstić information content (AvgIpc) is 2.98. The van der Waals surface area contributed by atoms with Gasteiger partial charge in [-0.3, -0.25) is 9.59 Å². The fourth-order valence-corrected chi connectivity index (χ4v) is 4.07. The summed E-state index contributed by atoms with van der Waals surface area (Å²) in [6, 6.07) is 11.6. The number of hydrogen-bond acceptors (Lipinski definition) is 5. The van der Waals surface area contributed by atoms with Crippen LogP contribution in [0.25, 0.3) is 0 Å². The molecule has 0 bridgehead atoms. The van der Waals surface area contributed by atoms with Gasteiger partial charge in [0, 0.05) is 32.2 Å². The van der Waals surface area contributed by atoms with E-state index in [0.29, 0.717) is 18.9 Å². The number of nitrogens with one attached hydrogen (secondary N) is 1. The Hall–Kier alpha value is -4.15. The summed E-state index contributed by atoms with van der Waals surface area (Å²) < 4.78 is 59.3. The topological polar surface area (TPSA) is 74.8 Å². The molecular formula is C24H18F4N4O3. The van der Waals surface area contributed by atoms with E-state index < -0.39 is 29.4 Å². The van der Waals surface area contributed by atoms with Gasteiger partial charge in [-0.2, -0.15) is 18.2 Å². The third-order valence-corrected chi connectivity index (χ3v) is 5.84. The van der Waals surface area contributed by atoms with Crippen molar-refractivity contribution in [3.8, 4) is 11.6 Å². The van der Waals surface area contributed by atoms with E-state index in [1.165, 1.54) is 41.3 Å². The van der Waals surface area contributed by atoms with Crippen LogP contribution >= 0.6 is 0 Å². The van der Waals surface area contributed by atoms with Gasteiger partial charge in [0.25, 0.3) is 11.8 Å². The molecule has 0 unspecified atom stereocenters. The second-order valence-electron chi connectivity index (χ2n) is 8.04. The van der Waals surface area contributed by atoms with Crippen LogP contribution in [0, 0.1) is 5.82 Å². The van der Waals surface area contributed by atoms with Gasteiger partial charge in [-0.1, -0.05) is 12.1 Å². The van der Waals surface area contributed by atoms with E-state index in [2.05, 4.69) is 10.3 Å². The van der Waals surface area contributed by atoms with Gasteiger partial charge in [0.15, 0.2) is 5.75 Å². The number of anilines is 2. The lowest BCUT2D eigenvalue weighted by molar-refractivity contribution is -0.138. The van der Waals surface area contributed by atoms with E-state index in [4.69, 9.17) is 4.74 Å². The molecule has 0 radical (unpaired) electrons. The van der Waals surface area contributed by atoms with Gasteiger partial charge < -0.3 is 19.9 Å². The molecule has 180 valence electrons. The summed E-state index contributed by atoms with van der Waals surface area (Å²) in [5, 5.41) is 2.59. The molecule has 1 aromatic heterocycles. The van der Waals surface area contributed by atoms with Crippen molar-refractivity contribution in [1.82, 2.24) is 9.88 Å². The molecule has 5 rings (SSSR count). The van der Waals surface area contributed by atoms with Crippen molar-refractivity contribution in [2.45, 2.75) is 6.18 Å². The molecule has 2 aliphatic rings. The van der Waals surface area contributed by atoms with Gasteiger partial charge in [-0.15, -0.1) is 0 Å². The lowest BCUT2D eigenvalue weighted by Crippen LogP contribution is -2.49. The molecule has 1 saturated heterocycles. The van der Waals surface area contributed by atoms with Crippen LogP contribution in [0.1, 0.15) is 26.3 Å². The lowest BCUT2D eigenvalue weighted by Gasteiger charge is -2.36. The number of benzene rings is 2. The van der Waals surface area contributed by atoms with E-state index in [-0.39, 0.29) is 41.5 Å². The smallest absolute Gasteiger partial charge is 0.417 e. The number of aromatic nitrogens is 1. The number of carbonyl (C=O) groups is 2. The SMILES string of the molecule is O=C1Nc2cc(F)ccc2Oc2nc(N3CCN(C(=O)c4ccccc4C(F)(F)F)CC3)ccc21. The number of pyridine rings is 1. The Kier molecular flexibility index (Phi) is 5.54. The quantitative estimate of drug-likeness (QED) is 0.538. The zero-order chi connectivity index (χ0) is 24.7. The summed E-state index contributed by atoms with van der Waals surface area (Å²) in [6.07, 6.45) is -4.63. The number of rotatable bonds is 2. The first-order valence-electron chi connectivity index (χ1n) is 10.7. The number of halogens is 4. The molecule has 35 heavy (non-hydrogen) atoms. The summed E-state index contributed by atoms with van der Waals surface area (Å²) in [5.74, 6) is -0.953. The van der Waals surface area contributed by atoms with Gasteiger partial charge in [-0.25, -0.2) is 4.39 Å². The van der Waals surface area contributed by atoms with E-state index >= 15 is 0 Å². The highest BCUT2D eigenvalue weighted by Crippen LogP contribution is 2.36. The number of fused-ring (bicyclic) bond motifs is 2. The van der Waals surface area contributed by atoms with Gasteiger partial charge in [0.2, 0.25) is 5.88 Å². The third-order valence-electron chi connectivity index (χ3n) is 5.84. The monoisotopic (exact) mass is 486 g/mol. The molecule has 0 atom stereocenters. The summed E-state index contributed by atoms with van der Waals surface area (Å²) in [4.78, 5) is 33.0. The van der Waals surface area contributed by atoms with Crippen LogP contribution in [-0.4, -0.2) is 47.9 Å². The Bertz CT molecular complexity index is 1320. The Morgan fingerprint density at radius 2 is 1.74 bits per heavy atom. The van der Waals surface area contributed by atoms with Crippen LogP contribution in [-0.2, 0) is 6.18 Å². The first-order chi connectivity index (χ1) is 16.7. The minimum Gasteiger partial charge on any atom is -0.436 e. The number of amides is 2. The number of alkyl halides is 3. The van der Waals surface area contributed by atoms with Gasteiger partial charge in [-0.05, 0) is 36.4 Å². The van der Waals surface area contributed by atoms with Crippen molar-refractivity contribution in [2.24, 2.45) is 0 Å². The second-order valence-corrected chi connectivity index (χ2v) is 8.04. The molecule has 7 nitrogen and oxygen atoms in total. The number of carbonyl (C=O) groups excluding carboxylic acids is 2. The van der Waals surface area contributed by atoms with Crippen molar-refractivity contribution in [1.29, 1.82) is 0 Å². The Morgan fingerprint density at radius 1 is 1.00 bits per heavy atom. The van der Waals surface area contributed by atoms with Crippen LogP contribution in [0.2, 0.25) is 0 Å². The summed E-state index contributed by atoms with van der Waals surface area (Å²) in [5.41, 5.74) is -0.995. The maximum atomic E-state index is 13.6. The summed E-state index contributed by atoms with van der Waals surface area (Å²) in [7, 11) is 0. The highest BCUT2D eigenvalue weighted by molar-refractivity contribution is 6.07. The minimum atomic E-state index is -4.63. The van der Waals surface area contributed by atoms with Crippen molar-refractivity contribution in [3.63, 3.8) is 0 Å². The highest BCUT2D eigenvalue weighted by atomic mass is 19.4. The molecule has 3 aromatic rings. The minimum absolute atomic E-state index is 0.0444. The Labute approximate surface area is 196 Å². The number of piperazine rings is 1. The molecular weight excluding hydrogens is 468 g/mol. The van der Waals surface area contributed by atoms with Crippen molar-refractivity contribution >= 4 is 23.3 Å². The van der Waals surface area contributed by atoms with Crippen LogP contribution in [0.3, 0.4) is 0 Å². The molecule has 2 aliphatic heterocycles. The van der Waals surface area contributed by atoms with Crippen molar-refractivity contribution < 1.29 is 31.9 Å². The van der Waals surface area contributed by atoms with Crippen LogP contribution in [0.5, 0.6) is 11.6 Å². The maximum absolute atomic E-state index is 13.6. The standard InChI is InChI=1S/C24H18F4N4O3/c25-14-5-7-19-18(13-14)29-21(33)16-6-8-20(30-22(16)35-19)31-9-11-32(12-10-31)23(34)15-3-1-2-4-17(15)24(26,27)28/h1-8,13H,9-12H2,(H,29,33). The molecule has 2 amide bonds. The normalized spacial score (nSPS) is 15.5. The lowest BCUT2D eigenvalue weighted by atomic mass is 10.1. The highest BCUT2D eigenvalue weighted by Gasteiger charge is 2.36. The largest absolute Gasteiger partial charge is 0.436 e. The first kappa shape index (κ1) is 22.6. The second kappa shape index (κ2) is 8.57. The zero-order valence-corrected chi connectivity index (χ0v) is 18.1. The zero-order valence-electron chi connectivity index (χ0n) is 18.1. The van der Waals surface area contributed by atoms with E-state index in [9.17, 15) is 27.2 Å². The molecule has 0 saturated carbocycles. The van der Waals surface area contributed by atoms with E-state index in [1.807, 2.05) is 4.90 Å². The van der Waals surface area contributed by atoms with E-state index in [1.54, 1.807) is 6.07 Å². The van der Waals surface area contributed by atoms with Crippen LogP contribution < -0.4 is 15.0 Å². The molecule has 1 N–H and O–H groups in total. The first-order valence-corrected chi connectivity index (χ1v) is 10.7.